The molecule has 0 fully saturated rings. The van der Waals surface area contributed by atoms with Crippen LogP contribution in [0.4, 0.5) is 13.2 Å². The third-order valence-electron chi connectivity index (χ3n) is 19.0. The summed E-state index contributed by atoms with van der Waals surface area (Å²) >= 11 is 39.2. The fourth-order valence-corrected chi connectivity index (χ4v) is 14.7. The SMILES string of the molecule is CC(=O)c1ccc(Cl)c(-c2cccc(C(C)(C)C)n2)c1.CC(C)(C)c1cccc(-c2cc(OC(F)(F)F)ccc2Cl)n1.CCS(=O)(=O)NC(=O)c1ccc(Cl)c(-c2cccc(C(C)(C)C)n2)c1.CCS(=O)c1ccc(Cl)c(-c2cccc(C(C)(C)C)n2)c1.COc1ccc(Cl)c(-c2cccc(C(C)(C)C)n2)c1.CSc1ccc(Cl)c(-c2cccc(C(C)(C)C)n2)c1. The van der Waals surface area contributed by atoms with Crippen molar-refractivity contribution in [1.82, 2.24) is 34.6 Å². The average Bonchev–Trinajstić information content (AvgIpc) is 0.799. The number of benzene rings is 6. The minimum atomic E-state index is -4.74. The molecule has 1 amide bonds. The van der Waals surface area contributed by atoms with Gasteiger partial charge in [-0.25, -0.2) is 13.1 Å². The van der Waals surface area contributed by atoms with E-state index >= 15 is 0 Å². The summed E-state index contributed by atoms with van der Waals surface area (Å²) in [4.78, 5) is 53.7. The lowest BCUT2D eigenvalue weighted by Crippen LogP contribution is -2.31. The maximum absolute atomic E-state index is 12.3. The molecule has 0 spiro atoms. The maximum Gasteiger partial charge on any atom is 0.573 e. The van der Waals surface area contributed by atoms with Gasteiger partial charge in [-0.3, -0.25) is 43.7 Å². The fourth-order valence-electron chi connectivity index (χ4n) is 11.7. The van der Waals surface area contributed by atoms with Gasteiger partial charge in [0.05, 0.1) is 88.0 Å². The number of amides is 1. The zero-order valence-corrected chi connectivity index (χ0v) is 82.4. The zero-order valence-electron chi connectivity index (χ0n) is 75.4. The van der Waals surface area contributed by atoms with E-state index in [1.165, 1.54) is 36.1 Å². The molecule has 0 aliphatic carbocycles. The molecule has 0 aliphatic rings. The molecule has 26 heteroatoms. The number of nitrogens with one attached hydrogen (secondary N) is 1. The standard InChI is InChI=1S/C18H21ClN2O3S.C17H20ClNOS.C17H18ClNO.C16H15ClF3NO.C16H18ClNO.C16H18ClNS/c1-5-25(23,24)21-17(22)12-9-10-14(19)13(11-12)15-7-6-8-16(20-15)18(2,3)4;1-5-21(20)12-9-10-14(18)13(11-12)15-7-6-8-16(19-15)17(2,3)4;1-11(20)12-8-9-14(18)13(10-12)15-6-5-7-16(19-15)17(2,3)4;1-15(2,3)14-6-4-5-13(21-14)11-9-10(7-8-12(11)17)22-16(18,19)20;2*1-16(2,3)15-7-5-6-14(18-15)12-10-11(19-4)8-9-13(12)17/h6-11H,5H2,1-4H3,(H,21,22);6-11H,5H2,1-4H3;5-10H,1-4H3;4-9H,1-3H3;2*5-10H,1-4H3. The highest BCUT2D eigenvalue weighted by Gasteiger charge is 2.32. The normalized spacial score (nSPS) is 12.0. The van der Waals surface area contributed by atoms with Crippen LogP contribution in [0.2, 0.25) is 30.1 Å². The molecular weight excluding hydrogens is 1780 g/mol. The van der Waals surface area contributed by atoms with Gasteiger partial charge in [0, 0.05) is 127 Å². The molecule has 0 aliphatic heterocycles. The monoisotopic (exact) mass is 1880 g/mol. The largest absolute Gasteiger partial charge is 0.573 e. The number of sulfonamides is 1. The van der Waals surface area contributed by atoms with E-state index in [9.17, 15) is 35.4 Å². The van der Waals surface area contributed by atoms with Gasteiger partial charge in [-0.1, -0.05) is 238 Å². The third kappa shape index (κ3) is 30.8. The molecule has 126 heavy (non-hydrogen) atoms. The molecule has 6 heterocycles. The number of ether oxygens (including phenoxy) is 2. The van der Waals surface area contributed by atoms with E-state index in [0.29, 0.717) is 58.9 Å². The van der Waals surface area contributed by atoms with Crippen LogP contribution in [0.15, 0.2) is 228 Å². The Hall–Kier alpha value is -9.06. The van der Waals surface area contributed by atoms with Gasteiger partial charge in [-0.05, 0) is 202 Å². The lowest BCUT2D eigenvalue weighted by Gasteiger charge is -2.18. The first-order valence-corrected chi connectivity index (χ1v) is 46.9. The van der Waals surface area contributed by atoms with E-state index in [4.69, 9.17) is 89.3 Å². The van der Waals surface area contributed by atoms with Gasteiger partial charge in [0.1, 0.15) is 11.5 Å². The van der Waals surface area contributed by atoms with Crippen molar-refractivity contribution < 1.29 is 44.9 Å². The van der Waals surface area contributed by atoms with Crippen molar-refractivity contribution in [3.8, 4) is 79.0 Å². The fraction of sp³-hybridized carbons (Fsp3) is 0.320. The van der Waals surface area contributed by atoms with E-state index in [1.54, 1.807) is 80.4 Å². The topological polar surface area (TPSA) is 193 Å². The summed E-state index contributed by atoms with van der Waals surface area (Å²) in [5.41, 5.74) is 15.5. The highest BCUT2D eigenvalue weighted by atomic mass is 35.5. The number of rotatable bonds is 15. The van der Waals surface area contributed by atoms with E-state index in [-0.39, 0.29) is 55.3 Å². The number of nitrogens with zero attached hydrogens (tertiary/aromatic N) is 6. The summed E-state index contributed by atoms with van der Waals surface area (Å²) in [6, 6.07) is 65.8. The molecule has 6 aromatic carbocycles. The highest BCUT2D eigenvalue weighted by Crippen LogP contribution is 2.40. The highest BCUT2D eigenvalue weighted by molar-refractivity contribution is 7.98. The number of hydrogen-bond donors (Lipinski definition) is 1. The molecule has 0 bridgehead atoms. The van der Waals surface area contributed by atoms with Crippen molar-refractivity contribution >= 4 is 114 Å². The van der Waals surface area contributed by atoms with Gasteiger partial charge < -0.3 is 9.47 Å². The molecule has 6 aromatic heterocycles. The second kappa shape index (κ2) is 44.3. The Kier molecular flexibility index (Phi) is 36.6. The number of pyridine rings is 6. The number of carbonyl (C=O) groups excluding carboxylic acids is 2. The zero-order chi connectivity index (χ0) is 94.0. The summed E-state index contributed by atoms with van der Waals surface area (Å²) in [7, 11) is -2.98. The van der Waals surface area contributed by atoms with Crippen LogP contribution >= 0.6 is 81.4 Å². The number of thioether (sulfide) groups is 1. The molecular formula is C100H110Cl6F3N7O7S3. The van der Waals surface area contributed by atoms with Gasteiger partial charge in [-0.15, -0.1) is 24.9 Å². The van der Waals surface area contributed by atoms with Crippen molar-refractivity contribution in [3.63, 3.8) is 0 Å². The molecule has 0 saturated carbocycles. The first-order valence-electron chi connectivity index (χ1n) is 40.5. The number of halogens is 9. The van der Waals surface area contributed by atoms with E-state index in [1.807, 2.05) is 160 Å². The molecule has 1 unspecified atom stereocenters. The Balaban J connectivity index is 0.000000208. The average molecular weight is 1890 g/mol. The van der Waals surface area contributed by atoms with Crippen LogP contribution in [0, 0.1) is 0 Å². The van der Waals surface area contributed by atoms with Crippen molar-refractivity contribution in [3.05, 3.63) is 294 Å². The number of ketones is 1. The predicted molar refractivity (Wildman–Crippen MR) is 519 cm³/mol. The number of aromatic nitrogens is 6. The Labute approximate surface area is 778 Å². The second-order valence-electron chi connectivity index (χ2n) is 35.4. The molecule has 14 nitrogen and oxygen atoms in total. The molecule has 0 radical (unpaired) electrons. The van der Waals surface area contributed by atoms with Crippen molar-refractivity contribution in [2.45, 2.75) is 194 Å². The summed E-state index contributed by atoms with van der Waals surface area (Å²) in [6.07, 6.45) is -2.68. The van der Waals surface area contributed by atoms with Crippen LogP contribution in [0.3, 0.4) is 0 Å². The second-order valence-corrected chi connectivity index (χ2v) is 42.5. The third-order valence-corrected chi connectivity index (χ3v) is 24.2. The first-order chi connectivity index (χ1) is 58.5. The van der Waals surface area contributed by atoms with Crippen molar-refractivity contribution in [2.75, 3.05) is 24.9 Å². The summed E-state index contributed by atoms with van der Waals surface area (Å²) < 4.78 is 83.3. The molecule has 1 atom stereocenters. The number of Topliss-reactive ketones (excluding diaryl/α,β-unsaturated/α-hetero) is 1. The summed E-state index contributed by atoms with van der Waals surface area (Å²) in [5.74, 6) is 0.212. The smallest absolute Gasteiger partial charge is 0.497 e. The van der Waals surface area contributed by atoms with Crippen molar-refractivity contribution in [2.24, 2.45) is 0 Å². The number of methoxy groups -OCH3 is 1. The van der Waals surface area contributed by atoms with Gasteiger partial charge in [0.2, 0.25) is 10.0 Å². The van der Waals surface area contributed by atoms with Crippen LogP contribution in [0.5, 0.6) is 11.5 Å². The lowest BCUT2D eigenvalue weighted by molar-refractivity contribution is -0.274. The molecule has 12 aromatic rings. The van der Waals surface area contributed by atoms with Crippen LogP contribution in [0.1, 0.15) is 200 Å². The van der Waals surface area contributed by atoms with Gasteiger partial charge in [-0.2, -0.15) is 0 Å². The van der Waals surface area contributed by atoms with E-state index < -0.39 is 33.1 Å². The number of hydrogen-bond acceptors (Lipinski definition) is 14. The van der Waals surface area contributed by atoms with Gasteiger partial charge >= 0.3 is 6.36 Å². The Morgan fingerprint density at radius 2 is 0.667 bits per heavy atom. The predicted octanol–water partition coefficient (Wildman–Crippen LogP) is 29.2. The van der Waals surface area contributed by atoms with Crippen LogP contribution in [0.25, 0.3) is 67.5 Å². The Bertz CT molecular complexity index is 5850. The minimum Gasteiger partial charge on any atom is -0.497 e. The maximum atomic E-state index is 12.3. The number of alkyl halides is 3. The van der Waals surface area contributed by atoms with Crippen LogP contribution < -0.4 is 14.2 Å². The molecule has 668 valence electrons. The van der Waals surface area contributed by atoms with Crippen molar-refractivity contribution in [1.29, 1.82) is 0 Å². The van der Waals surface area contributed by atoms with Gasteiger partial charge in [0.15, 0.2) is 5.78 Å². The quantitative estimate of drug-likeness (QED) is 0.0752. The van der Waals surface area contributed by atoms with Crippen LogP contribution in [-0.4, -0.2) is 85.5 Å². The number of carbonyl (C=O) groups is 2. The summed E-state index contributed by atoms with van der Waals surface area (Å²) in [5, 5.41) is 3.41. The Morgan fingerprint density at radius 1 is 0.389 bits per heavy atom. The molecule has 1 N–H and O–H groups in total. The lowest BCUT2D eigenvalue weighted by atomic mass is 9.91. The van der Waals surface area contributed by atoms with E-state index in [2.05, 4.69) is 142 Å². The van der Waals surface area contributed by atoms with Gasteiger partial charge in [0.25, 0.3) is 5.91 Å². The van der Waals surface area contributed by atoms with E-state index in [0.717, 1.165) is 94.9 Å². The molecule has 0 saturated heterocycles. The first kappa shape index (κ1) is 104. The molecule has 12 rings (SSSR count). The Morgan fingerprint density at radius 3 is 0.968 bits per heavy atom. The van der Waals surface area contributed by atoms with Crippen LogP contribution in [-0.2, 0) is 53.3 Å². The minimum absolute atomic E-state index is 0.0152. The summed E-state index contributed by atoms with van der Waals surface area (Å²) in [6.45, 7) is 42.8.